The lowest BCUT2D eigenvalue weighted by atomic mass is 10.1. The van der Waals surface area contributed by atoms with Crippen molar-refractivity contribution >= 4 is 40.4 Å². The van der Waals surface area contributed by atoms with E-state index in [1.165, 1.54) is 16.9 Å². The molecule has 3 amide bonds. The first-order chi connectivity index (χ1) is 14.5. The van der Waals surface area contributed by atoms with Gasteiger partial charge in [0.05, 0.1) is 11.4 Å². The molecule has 4 rings (SSSR count). The van der Waals surface area contributed by atoms with Crippen molar-refractivity contribution in [1.82, 2.24) is 5.32 Å². The van der Waals surface area contributed by atoms with Crippen LogP contribution in [0.15, 0.2) is 60.7 Å². The van der Waals surface area contributed by atoms with Crippen LogP contribution in [-0.2, 0) is 11.2 Å². The number of hydrogen-bond acceptors (Lipinski definition) is 4. The van der Waals surface area contributed by atoms with Crippen molar-refractivity contribution in [3.63, 3.8) is 0 Å². The summed E-state index contributed by atoms with van der Waals surface area (Å²) in [6.45, 7) is 2.46. The van der Waals surface area contributed by atoms with Crippen molar-refractivity contribution in [3.8, 4) is 0 Å². The highest BCUT2D eigenvalue weighted by Crippen LogP contribution is 2.29. The number of carbonyl (C=O) groups is 3. The van der Waals surface area contributed by atoms with Gasteiger partial charge in [-0.25, -0.2) is 0 Å². The van der Waals surface area contributed by atoms with Crippen LogP contribution in [0.2, 0.25) is 0 Å². The molecule has 2 heterocycles. The topological polar surface area (TPSA) is 78.5 Å². The van der Waals surface area contributed by atoms with Gasteiger partial charge >= 0.3 is 0 Å². The minimum atomic E-state index is -0.329. The average molecular weight is 420 g/mol. The Morgan fingerprint density at radius 2 is 1.77 bits per heavy atom. The van der Waals surface area contributed by atoms with Crippen LogP contribution in [0.4, 0.5) is 11.4 Å². The lowest BCUT2D eigenvalue weighted by Crippen LogP contribution is -2.32. The largest absolute Gasteiger partial charge is 0.342 e. The normalized spacial score (nSPS) is 12.4. The number of hydrogen-bond donors (Lipinski definition) is 2. The fraction of sp³-hybridized carbons (Fsp3) is 0.174. The fourth-order valence-corrected chi connectivity index (χ4v) is 4.19. The molecular formula is C23H21N3O3S. The van der Waals surface area contributed by atoms with Crippen molar-refractivity contribution in [2.24, 2.45) is 0 Å². The van der Waals surface area contributed by atoms with Crippen molar-refractivity contribution in [1.29, 1.82) is 0 Å². The summed E-state index contributed by atoms with van der Waals surface area (Å²) in [6.07, 6.45) is 0.854. The molecule has 6 nitrogen and oxygen atoms in total. The summed E-state index contributed by atoms with van der Waals surface area (Å²) < 4.78 is 0. The minimum absolute atomic E-state index is 0.0590. The van der Waals surface area contributed by atoms with Gasteiger partial charge in [0.15, 0.2) is 0 Å². The minimum Gasteiger partial charge on any atom is -0.342 e. The smallest absolute Gasteiger partial charge is 0.261 e. The first kappa shape index (κ1) is 19.8. The zero-order valence-electron chi connectivity index (χ0n) is 16.5. The van der Waals surface area contributed by atoms with Gasteiger partial charge in [-0.3, -0.25) is 14.4 Å². The van der Waals surface area contributed by atoms with E-state index >= 15 is 0 Å². The molecule has 2 N–H and O–H groups in total. The molecule has 0 saturated heterocycles. The lowest BCUT2D eigenvalue weighted by molar-refractivity contribution is -0.115. The molecule has 0 aliphatic carbocycles. The maximum atomic E-state index is 12.8. The number of para-hydroxylation sites is 1. The van der Waals surface area contributed by atoms with Crippen LogP contribution in [0, 0.1) is 6.92 Å². The third-order valence-corrected chi connectivity index (χ3v) is 5.92. The van der Waals surface area contributed by atoms with Gasteiger partial charge in [-0.1, -0.05) is 18.2 Å². The Kier molecular flexibility index (Phi) is 5.63. The molecular weight excluding hydrogens is 398 g/mol. The second kappa shape index (κ2) is 8.51. The number of benzene rings is 2. The number of amides is 3. The van der Waals surface area contributed by atoms with Gasteiger partial charge in [0.2, 0.25) is 5.91 Å². The predicted octanol–water partition coefficient (Wildman–Crippen LogP) is 3.63. The molecule has 2 aromatic carbocycles. The number of thiophene rings is 1. The van der Waals surface area contributed by atoms with E-state index < -0.39 is 0 Å². The van der Waals surface area contributed by atoms with E-state index in [1.807, 2.05) is 37.3 Å². The second-order valence-electron chi connectivity index (χ2n) is 7.05. The van der Waals surface area contributed by atoms with Gasteiger partial charge in [-0.05, 0) is 61.4 Å². The van der Waals surface area contributed by atoms with E-state index in [2.05, 4.69) is 10.6 Å². The molecule has 0 bridgehead atoms. The Balaban J connectivity index is 1.33. The monoisotopic (exact) mass is 419 g/mol. The highest BCUT2D eigenvalue weighted by molar-refractivity contribution is 7.13. The highest BCUT2D eigenvalue weighted by Gasteiger charge is 2.25. The Morgan fingerprint density at radius 3 is 2.50 bits per heavy atom. The summed E-state index contributed by atoms with van der Waals surface area (Å²) in [5.41, 5.74) is 3.26. The van der Waals surface area contributed by atoms with E-state index in [4.69, 9.17) is 0 Å². The molecule has 152 valence electrons. The molecule has 0 radical (unpaired) electrons. The fourth-order valence-electron chi connectivity index (χ4n) is 3.41. The third-order valence-electron chi connectivity index (χ3n) is 4.92. The summed E-state index contributed by atoms with van der Waals surface area (Å²) in [4.78, 5) is 40.4. The molecule has 1 aromatic heterocycles. The summed E-state index contributed by atoms with van der Waals surface area (Å²) in [5, 5.41) is 5.34. The number of aryl methyl sites for hydroxylation is 1. The molecule has 1 aliphatic rings. The number of fused-ring (bicyclic) bond motifs is 1. The molecule has 0 atom stereocenters. The quantitative estimate of drug-likeness (QED) is 0.663. The van der Waals surface area contributed by atoms with Gasteiger partial charge < -0.3 is 15.5 Å². The second-order valence-corrected chi connectivity index (χ2v) is 8.34. The van der Waals surface area contributed by atoms with Crippen LogP contribution in [0.3, 0.4) is 0 Å². The van der Waals surface area contributed by atoms with Crippen LogP contribution < -0.4 is 15.5 Å². The van der Waals surface area contributed by atoms with Gasteiger partial charge in [0.1, 0.15) is 0 Å². The summed E-state index contributed by atoms with van der Waals surface area (Å²) in [7, 11) is 0. The molecule has 3 aromatic rings. The first-order valence-corrected chi connectivity index (χ1v) is 10.5. The van der Waals surface area contributed by atoms with Gasteiger partial charge in [0, 0.05) is 28.4 Å². The molecule has 0 saturated carbocycles. The lowest BCUT2D eigenvalue weighted by Gasteiger charge is -2.17. The number of nitrogens with zero attached hydrogens (tertiary/aromatic N) is 1. The summed E-state index contributed by atoms with van der Waals surface area (Å²) in [5.74, 6) is -0.657. The van der Waals surface area contributed by atoms with Crippen molar-refractivity contribution in [2.75, 3.05) is 23.3 Å². The van der Waals surface area contributed by atoms with Crippen molar-refractivity contribution in [3.05, 3.63) is 81.5 Å². The van der Waals surface area contributed by atoms with Crippen molar-refractivity contribution < 1.29 is 14.4 Å². The molecule has 0 fully saturated rings. The number of nitrogens with one attached hydrogen (secondary N) is 2. The van der Waals surface area contributed by atoms with Crippen LogP contribution >= 0.6 is 11.3 Å². The van der Waals surface area contributed by atoms with Gasteiger partial charge in [0.25, 0.3) is 11.8 Å². The van der Waals surface area contributed by atoms with Crippen molar-refractivity contribution in [2.45, 2.75) is 13.3 Å². The van der Waals surface area contributed by atoms with E-state index in [1.54, 1.807) is 35.2 Å². The Morgan fingerprint density at radius 1 is 1.00 bits per heavy atom. The van der Waals surface area contributed by atoms with Crippen LogP contribution in [0.1, 0.15) is 30.5 Å². The molecule has 7 heteroatoms. The van der Waals surface area contributed by atoms with E-state index in [9.17, 15) is 14.4 Å². The standard InChI is InChI=1S/C23H21N3O3S/c1-15-6-11-20(30-15)22(28)24-14-21(27)25-18-9-7-17(8-10-18)23(29)26-13-12-16-4-2-3-5-19(16)26/h2-11H,12-14H2,1H3,(H,24,28)(H,25,27). The SMILES string of the molecule is Cc1ccc(C(=O)NCC(=O)Nc2ccc(C(=O)N3CCc4ccccc43)cc2)s1. The average Bonchev–Trinajstić information content (AvgIpc) is 3.38. The van der Waals surface area contributed by atoms with E-state index in [-0.39, 0.29) is 24.3 Å². The molecule has 30 heavy (non-hydrogen) atoms. The van der Waals surface area contributed by atoms with Gasteiger partial charge in [-0.15, -0.1) is 11.3 Å². The van der Waals surface area contributed by atoms with E-state index in [0.29, 0.717) is 22.7 Å². The van der Waals surface area contributed by atoms with E-state index in [0.717, 1.165) is 17.0 Å². The van der Waals surface area contributed by atoms with Gasteiger partial charge in [-0.2, -0.15) is 0 Å². The third kappa shape index (κ3) is 4.26. The molecule has 0 unspecified atom stereocenters. The predicted molar refractivity (Wildman–Crippen MR) is 118 cm³/mol. The van der Waals surface area contributed by atoms with Crippen LogP contribution in [0.5, 0.6) is 0 Å². The maximum absolute atomic E-state index is 12.8. The Bertz CT molecular complexity index is 1100. The zero-order valence-corrected chi connectivity index (χ0v) is 17.3. The zero-order chi connectivity index (χ0) is 21.1. The number of rotatable bonds is 5. The maximum Gasteiger partial charge on any atom is 0.261 e. The van der Waals surface area contributed by atoms with Crippen LogP contribution in [-0.4, -0.2) is 30.8 Å². The highest BCUT2D eigenvalue weighted by atomic mass is 32.1. The summed E-state index contributed by atoms with van der Waals surface area (Å²) >= 11 is 1.38. The van der Waals surface area contributed by atoms with Crippen LogP contribution in [0.25, 0.3) is 0 Å². The Labute approximate surface area is 178 Å². The molecule has 1 aliphatic heterocycles. The summed E-state index contributed by atoms with van der Waals surface area (Å²) in [6, 6.07) is 18.3. The first-order valence-electron chi connectivity index (χ1n) is 9.65. The number of carbonyl (C=O) groups excluding carboxylic acids is 3. The Hall–Kier alpha value is -3.45. The molecule has 0 spiro atoms. The number of anilines is 2.